The first-order valence-corrected chi connectivity index (χ1v) is 5.90. The normalized spacial score (nSPS) is 13.6. The highest BCUT2D eigenvalue weighted by atomic mass is 79.9. The summed E-state index contributed by atoms with van der Waals surface area (Å²) < 4.78 is 14.0. The summed E-state index contributed by atoms with van der Waals surface area (Å²) in [5, 5.41) is 11.5. The maximum absolute atomic E-state index is 13.4. The van der Waals surface area contributed by atoms with E-state index in [0.29, 0.717) is 10.9 Å². The van der Waals surface area contributed by atoms with Crippen LogP contribution < -0.4 is 5.32 Å². The molecule has 1 rings (SSSR count). The third-order valence-electron chi connectivity index (χ3n) is 2.52. The summed E-state index contributed by atoms with van der Waals surface area (Å²) in [6.45, 7) is 3.38. The number of nitrogens with zero attached hydrogens (tertiary/aromatic N) is 1. The van der Waals surface area contributed by atoms with Crippen molar-refractivity contribution in [1.82, 2.24) is 5.32 Å². The number of nitriles is 1. The molecule has 1 aromatic carbocycles. The zero-order valence-electron chi connectivity index (χ0n) is 9.55. The Bertz CT molecular complexity index is 484. The number of halogens is 2. The van der Waals surface area contributed by atoms with Crippen molar-refractivity contribution in [3.63, 3.8) is 0 Å². The molecule has 3 nitrogen and oxygen atoms in total. The van der Waals surface area contributed by atoms with E-state index in [1.54, 1.807) is 13.8 Å². The third-order valence-corrected chi connectivity index (χ3v) is 3.01. The van der Waals surface area contributed by atoms with Crippen molar-refractivity contribution >= 4 is 21.8 Å². The lowest BCUT2D eigenvalue weighted by molar-refractivity contribution is 0.0919. The summed E-state index contributed by atoms with van der Waals surface area (Å²) >= 11 is 3.17. The molecule has 0 heterocycles. The second-order valence-corrected chi connectivity index (χ2v) is 4.79. The molecular weight excluding hydrogens is 287 g/mol. The fourth-order valence-electron chi connectivity index (χ4n) is 1.18. The van der Waals surface area contributed by atoms with E-state index in [1.165, 1.54) is 18.2 Å². The Hall–Kier alpha value is -1.41. The summed E-state index contributed by atoms with van der Waals surface area (Å²) in [5.74, 6) is -1.20. The molecule has 0 spiro atoms. The molecule has 0 unspecified atom stereocenters. The predicted molar refractivity (Wildman–Crippen MR) is 65.9 cm³/mol. The Morgan fingerprint density at radius 2 is 2.29 bits per heavy atom. The summed E-state index contributed by atoms with van der Waals surface area (Å²) in [5.41, 5.74) is -1.06. The number of carbonyl (C=O) groups is 1. The van der Waals surface area contributed by atoms with Gasteiger partial charge in [-0.2, -0.15) is 5.26 Å². The molecule has 0 aromatic heterocycles. The van der Waals surface area contributed by atoms with Crippen molar-refractivity contribution in [3.8, 4) is 6.07 Å². The van der Waals surface area contributed by atoms with E-state index >= 15 is 0 Å². The van der Waals surface area contributed by atoms with Gasteiger partial charge in [0, 0.05) is 4.47 Å². The topological polar surface area (TPSA) is 52.9 Å². The van der Waals surface area contributed by atoms with Crippen LogP contribution in [-0.4, -0.2) is 11.4 Å². The average molecular weight is 299 g/mol. The average Bonchev–Trinajstić information content (AvgIpc) is 2.32. The Morgan fingerprint density at radius 3 is 2.82 bits per heavy atom. The minimum atomic E-state index is -0.980. The molecule has 5 heteroatoms. The smallest absolute Gasteiger partial charge is 0.255 e. The fraction of sp³-hybridized carbons (Fsp3) is 0.333. The minimum absolute atomic E-state index is 0.0747. The quantitative estimate of drug-likeness (QED) is 0.932. The molecular formula is C12H12BrFN2O. The van der Waals surface area contributed by atoms with Crippen LogP contribution in [0, 0.1) is 17.1 Å². The molecule has 0 aliphatic rings. The molecule has 1 aromatic rings. The first kappa shape index (κ1) is 13.7. The van der Waals surface area contributed by atoms with Gasteiger partial charge in [0.1, 0.15) is 11.4 Å². The van der Waals surface area contributed by atoms with Crippen LogP contribution in [0.5, 0.6) is 0 Å². The summed E-state index contributed by atoms with van der Waals surface area (Å²) in [6, 6.07) is 6.10. The summed E-state index contributed by atoms with van der Waals surface area (Å²) in [6.07, 6.45) is 0.449. The van der Waals surface area contributed by atoms with E-state index in [4.69, 9.17) is 5.26 Å². The highest BCUT2D eigenvalue weighted by Gasteiger charge is 2.25. The van der Waals surface area contributed by atoms with Crippen LogP contribution in [0.15, 0.2) is 22.7 Å². The zero-order valence-corrected chi connectivity index (χ0v) is 11.1. The fourth-order valence-corrected chi connectivity index (χ4v) is 1.55. The van der Waals surface area contributed by atoms with Crippen LogP contribution in [0.4, 0.5) is 4.39 Å². The van der Waals surface area contributed by atoms with Crippen LogP contribution in [0.1, 0.15) is 30.6 Å². The second-order valence-electron chi connectivity index (χ2n) is 3.88. The highest BCUT2D eigenvalue weighted by molar-refractivity contribution is 9.10. The first-order valence-electron chi connectivity index (χ1n) is 5.10. The number of benzene rings is 1. The van der Waals surface area contributed by atoms with Gasteiger partial charge in [0.2, 0.25) is 0 Å². The van der Waals surface area contributed by atoms with Crippen LogP contribution in [0.3, 0.4) is 0 Å². The molecule has 0 radical (unpaired) electrons. The molecule has 1 amide bonds. The van der Waals surface area contributed by atoms with Gasteiger partial charge in [-0.1, -0.05) is 22.9 Å². The summed E-state index contributed by atoms with van der Waals surface area (Å²) in [4.78, 5) is 11.8. The molecule has 0 aliphatic carbocycles. The van der Waals surface area contributed by atoms with Gasteiger partial charge in [0.05, 0.1) is 11.6 Å². The lowest BCUT2D eigenvalue weighted by Gasteiger charge is -2.21. The van der Waals surface area contributed by atoms with Crippen LogP contribution in [0.2, 0.25) is 0 Å². The van der Waals surface area contributed by atoms with Gasteiger partial charge < -0.3 is 5.32 Å². The lowest BCUT2D eigenvalue weighted by atomic mass is 10.0. The monoisotopic (exact) mass is 298 g/mol. The van der Waals surface area contributed by atoms with E-state index in [-0.39, 0.29) is 5.56 Å². The van der Waals surface area contributed by atoms with Gasteiger partial charge in [-0.3, -0.25) is 4.79 Å². The first-order chi connectivity index (χ1) is 7.91. The standard InChI is InChI=1S/C12H12BrFN2O/c1-3-12(2,7-15)16-11(17)9-6-8(13)4-5-10(9)14/h4-6H,3H2,1-2H3,(H,16,17)/t12-/m0/s1. The van der Waals surface area contributed by atoms with Gasteiger partial charge in [-0.15, -0.1) is 0 Å². The maximum Gasteiger partial charge on any atom is 0.255 e. The number of hydrogen-bond donors (Lipinski definition) is 1. The Kier molecular flexibility index (Phi) is 4.24. The van der Waals surface area contributed by atoms with E-state index in [9.17, 15) is 9.18 Å². The number of rotatable bonds is 3. The molecule has 17 heavy (non-hydrogen) atoms. The Balaban J connectivity index is 2.99. The van der Waals surface area contributed by atoms with Gasteiger partial charge in [0.15, 0.2) is 0 Å². The van der Waals surface area contributed by atoms with E-state index in [2.05, 4.69) is 21.2 Å². The third kappa shape index (κ3) is 3.27. The second kappa shape index (κ2) is 5.28. The van der Waals surface area contributed by atoms with Gasteiger partial charge >= 0.3 is 0 Å². The molecule has 1 N–H and O–H groups in total. The van der Waals surface area contributed by atoms with E-state index < -0.39 is 17.3 Å². The molecule has 1 atom stereocenters. The lowest BCUT2D eigenvalue weighted by Crippen LogP contribution is -2.44. The number of nitrogens with one attached hydrogen (secondary N) is 1. The van der Waals surface area contributed by atoms with Crippen molar-refractivity contribution < 1.29 is 9.18 Å². The Morgan fingerprint density at radius 1 is 1.65 bits per heavy atom. The maximum atomic E-state index is 13.4. The molecule has 0 saturated carbocycles. The minimum Gasteiger partial charge on any atom is -0.334 e. The largest absolute Gasteiger partial charge is 0.334 e. The van der Waals surface area contributed by atoms with Crippen LogP contribution >= 0.6 is 15.9 Å². The zero-order chi connectivity index (χ0) is 13.1. The SMILES string of the molecule is CC[C@@](C)(C#N)NC(=O)c1cc(Br)ccc1F. The van der Waals surface area contributed by atoms with Gasteiger partial charge in [0.25, 0.3) is 5.91 Å². The number of carbonyl (C=O) groups excluding carboxylic acids is 1. The van der Waals surface area contributed by atoms with Crippen molar-refractivity contribution in [2.45, 2.75) is 25.8 Å². The van der Waals surface area contributed by atoms with E-state index in [0.717, 1.165) is 0 Å². The van der Waals surface area contributed by atoms with E-state index in [1.807, 2.05) is 6.07 Å². The van der Waals surface area contributed by atoms with Crippen LogP contribution in [0.25, 0.3) is 0 Å². The van der Waals surface area contributed by atoms with Crippen molar-refractivity contribution in [2.24, 2.45) is 0 Å². The molecule has 90 valence electrons. The van der Waals surface area contributed by atoms with Crippen LogP contribution in [-0.2, 0) is 0 Å². The van der Waals surface area contributed by atoms with Gasteiger partial charge in [-0.25, -0.2) is 4.39 Å². The molecule has 0 saturated heterocycles. The van der Waals surface area contributed by atoms with Gasteiger partial charge in [-0.05, 0) is 31.5 Å². The van der Waals surface area contributed by atoms with Crippen molar-refractivity contribution in [2.75, 3.05) is 0 Å². The molecule has 0 fully saturated rings. The Labute approximate surface area is 108 Å². The van der Waals surface area contributed by atoms with Crippen molar-refractivity contribution in [1.29, 1.82) is 5.26 Å². The summed E-state index contributed by atoms with van der Waals surface area (Å²) in [7, 11) is 0. The highest BCUT2D eigenvalue weighted by Crippen LogP contribution is 2.17. The molecule has 0 aliphatic heterocycles. The number of amides is 1. The number of hydrogen-bond acceptors (Lipinski definition) is 2. The molecule has 0 bridgehead atoms. The van der Waals surface area contributed by atoms with Crippen molar-refractivity contribution in [3.05, 3.63) is 34.1 Å². The predicted octanol–water partition coefficient (Wildman–Crippen LogP) is 3.01.